The molecular formula is C53H52BBrN12O8. The van der Waals surface area contributed by atoms with Crippen molar-refractivity contribution in [3.63, 3.8) is 0 Å². The number of benzene rings is 3. The van der Waals surface area contributed by atoms with Crippen LogP contribution in [0.15, 0.2) is 169 Å². The molecule has 0 spiro atoms. The van der Waals surface area contributed by atoms with E-state index in [1.54, 1.807) is 104 Å². The zero-order chi connectivity index (χ0) is 53.9. The second-order valence-corrected chi connectivity index (χ2v) is 19.5. The Kier molecular flexibility index (Phi) is 16.9. The summed E-state index contributed by atoms with van der Waals surface area (Å²) < 4.78 is 18.9. The highest BCUT2D eigenvalue weighted by atomic mass is 79.9. The lowest BCUT2D eigenvalue weighted by atomic mass is 9.82. The highest BCUT2D eigenvalue weighted by molar-refractivity contribution is 9.10. The van der Waals surface area contributed by atoms with Crippen LogP contribution in [0.25, 0.3) is 56.0 Å². The number of anilines is 1. The zero-order valence-electron chi connectivity index (χ0n) is 41.9. The molecule has 1 aliphatic rings. The maximum Gasteiger partial charge on any atom is 0.498 e. The first-order chi connectivity index (χ1) is 35.7. The van der Waals surface area contributed by atoms with Crippen LogP contribution in [-0.2, 0) is 14.0 Å². The fourth-order valence-corrected chi connectivity index (χ4v) is 7.51. The number of aromatic amines is 2. The van der Waals surface area contributed by atoms with Gasteiger partial charge in [-0.05, 0) is 120 Å². The Labute approximate surface area is 440 Å². The molecule has 0 unspecified atom stereocenters. The van der Waals surface area contributed by atoms with E-state index in [1.807, 2.05) is 97.1 Å². The van der Waals surface area contributed by atoms with E-state index in [2.05, 4.69) is 56.4 Å². The molecule has 10 rings (SSSR count). The van der Waals surface area contributed by atoms with Crippen molar-refractivity contribution in [2.75, 3.05) is 5.73 Å². The van der Waals surface area contributed by atoms with Crippen molar-refractivity contribution in [1.82, 2.24) is 45.1 Å². The minimum absolute atomic E-state index is 0.0300. The molecule has 1 fully saturated rings. The summed E-state index contributed by atoms with van der Waals surface area (Å²) in [5.41, 5.74) is 13.8. The molecule has 1 aliphatic heterocycles. The standard InChI is InChI=1S/C14H23BN2O4.C14H10N4O2.C14H12N4.C11H7BrN2O2/c1-12(2,3)19-11(18)17-9-10(8-16-17)15-20-13(4,5)14(6,7)21-15;19-18(20)14-7-10(11-8-16-17-9-11)4-5-12(14)13-3-1-2-6-15-13;15-13-7-10(11-8-17-18-9-11)4-5-12(13)14-3-1-2-6-16-14;12-8-4-5-9(11(7-8)14(15)16)10-3-1-2-6-13-10/h8-9H,1-7H3;1-9H,(H,16,17);1-9H,15H2,(H,17,18);1-7H. The monoisotopic (exact) mass is 1070 g/mol. The number of nitrogens with two attached hydrogens (primary N) is 1. The van der Waals surface area contributed by atoms with Crippen LogP contribution >= 0.6 is 15.9 Å². The minimum atomic E-state index is -0.562. The number of hydrogen-bond acceptors (Lipinski definition) is 15. The lowest BCUT2D eigenvalue weighted by molar-refractivity contribution is -0.384. The minimum Gasteiger partial charge on any atom is -0.442 e. The van der Waals surface area contributed by atoms with Crippen molar-refractivity contribution in [3.8, 4) is 56.0 Å². The number of nitrogen functional groups attached to an aromatic ring is 1. The average Bonchev–Trinajstić information content (AvgIpc) is 4.24. The SMILES string of the molecule is CC(C)(C)OC(=O)n1cc(B2OC(C)(C)C(C)(C)O2)cn1.Nc1cc(-c2cn[nH]c2)ccc1-c1ccccn1.O=[N+]([O-])c1cc(-c2cn[nH]c2)ccc1-c1ccccn1.O=[N+]([O-])c1cc(Br)ccc1-c1ccccn1. The van der Waals surface area contributed by atoms with Crippen LogP contribution < -0.4 is 11.2 Å². The highest BCUT2D eigenvalue weighted by Crippen LogP contribution is 2.37. The third kappa shape index (κ3) is 13.9. The van der Waals surface area contributed by atoms with E-state index in [0.717, 1.165) is 38.2 Å². The zero-order valence-corrected chi connectivity index (χ0v) is 43.5. The van der Waals surface area contributed by atoms with E-state index < -0.39 is 39.9 Å². The smallest absolute Gasteiger partial charge is 0.442 e. The van der Waals surface area contributed by atoms with Crippen molar-refractivity contribution in [3.05, 3.63) is 190 Å². The lowest BCUT2D eigenvalue weighted by Gasteiger charge is -2.32. The van der Waals surface area contributed by atoms with E-state index in [4.69, 9.17) is 19.8 Å². The number of carbonyl (C=O) groups is 1. The van der Waals surface area contributed by atoms with Gasteiger partial charge in [0.2, 0.25) is 0 Å². The normalized spacial score (nSPS) is 13.2. The summed E-state index contributed by atoms with van der Waals surface area (Å²) in [6.07, 6.45) is 14.5. The molecule has 382 valence electrons. The van der Waals surface area contributed by atoms with E-state index >= 15 is 0 Å². The number of nitro groups is 2. The molecule has 6 aromatic heterocycles. The van der Waals surface area contributed by atoms with Gasteiger partial charge in [-0.15, -0.1) is 0 Å². The van der Waals surface area contributed by atoms with Crippen LogP contribution in [-0.4, -0.2) is 85.0 Å². The van der Waals surface area contributed by atoms with Crippen molar-refractivity contribution in [2.45, 2.75) is 65.3 Å². The molecule has 22 heteroatoms. The van der Waals surface area contributed by atoms with Gasteiger partial charge in [0.25, 0.3) is 11.4 Å². The molecule has 4 N–H and O–H groups in total. The number of hydrogen-bond donors (Lipinski definition) is 3. The van der Waals surface area contributed by atoms with Crippen molar-refractivity contribution in [2.24, 2.45) is 0 Å². The summed E-state index contributed by atoms with van der Waals surface area (Å²) in [7, 11) is -0.536. The number of nitrogens with zero attached hydrogens (tertiary/aromatic N) is 9. The molecule has 0 atom stereocenters. The first kappa shape index (κ1) is 54.1. The van der Waals surface area contributed by atoms with Gasteiger partial charge in [-0.3, -0.25) is 45.4 Å². The van der Waals surface area contributed by atoms with E-state index in [9.17, 15) is 25.0 Å². The second kappa shape index (κ2) is 23.4. The van der Waals surface area contributed by atoms with Gasteiger partial charge in [-0.1, -0.05) is 52.3 Å². The quantitative estimate of drug-likeness (QED) is 0.0552. The Morgan fingerprint density at radius 3 is 1.57 bits per heavy atom. The number of aromatic nitrogens is 9. The Morgan fingerprint density at radius 1 is 0.667 bits per heavy atom. The number of carbonyl (C=O) groups excluding carboxylic acids is 1. The van der Waals surface area contributed by atoms with Gasteiger partial charge in [-0.2, -0.15) is 20.0 Å². The van der Waals surface area contributed by atoms with E-state index in [1.165, 1.54) is 12.1 Å². The average molecular weight is 1080 g/mol. The Balaban J connectivity index is 0.000000146. The summed E-state index contributed by atoms with van der Waals surface area (Å²) in [4.78, 5) is 45.9. The molecule has 0 bridgehead atoms. The van der Waals surface area contributed by atoms with Gasteiger partial charge in [0.1, 0.15) is 5.60 Å². The molecule has 0 radical (unpaired) electrons. The maximum atomic E-state index is 11.9. The van der Waals surface area contributed by atoms with Gasteiger partial charge >= 0.3 is 13.2 Å². The Bertz CT molecular complexity index is 3340. The Morgan fingerprint density at radius 2 is 1.13 bits per heavy atom. The summed E-state index contributed by atoms with van der Waals surface area (Å²) in [5, 5.41) is 39.5. The first-order valence-electron chi connectivity index (χ1n) is 23.2. The highest BCUT2D eigenvalue weighted by Gasteiger charge is 2.52. The molecule has 7 heterocycles. The molecule has 9 aromatic rings. The van der Waals surface area contributed by atoms with E-state index in [-0.39, 0.29) is 11.4 Å². The third-order valence-electron chi connectivity index (χ3n) is 11.6. The van der Waals surface area contributed by atoms with Gasteiger partial charge in [0.15, 0.2) is 0 Å². The topological polar surface area (TPSA) is 271 Å². The van der Waals surface area contributed by atoms with Crippen LogP contribution in [0.2, 0.25) is 0 Å². The predicted molar refractivity (Wildman–Crippen MR) is 289 cm³/mol. The summed E-state index contributed by atoms with van der Waals surface area (Å²) in [6.45, 7) is 13.3. The van der Waals surface area contributed by atoms with Crippen LogP contribution in [0.1, 0.15) is 48.5 Å². The fourth-order valence-electron chi connectivity index (χ4n) is 7.16. The summed E-state index contributed by atoms with van der Waals surface area (Å²) in [5.74, 6) is 0. The maximum absolute atomic E-state index is 11.9. The van der Waals surface area contributed by atoms with Crippen molar-refractivity contribution >= 4 is 51.7 Å². The number of halogens is 1. The molecule has 0 saturated carbocycles. The second-order valence-electron chi connectivity index (χ2n) is 18.6. The molecular weight excluding hydrogens is 1020 g/mol. The number of H-pyrrole nitrogens is 2. The van der Waals surface area contributed by atoms with Gasteiger partial charge in [0.05, 0.1) is 61.7 Å². The summed E-state index contributed by atoms with van der Waals surface area (Å²) in [6, 6.07) is 32.4. The van der Waals surface area contributed by atoms with E-state index in [0.29, 0.717) is 38.1 Å². The number of ether oxygens (including phenoxy) is 1. The van der Waals surface area contributed by atoms with Gasteiger partial charge in [0, 0.05) is 87.8 Å². The van der Waals surface area contributed by atoms with Crippen LogP contribution in [0, 0.1) is 20.2 Å². The van der Waals surface area contributed by atoms with Gasteiger partial charge in [-0.25, -0.2) is 4.79 Å². The fraction of sp³-hybridized carbons (Fsp3) is 0.189. The molecule has 0 aliphatic carbocycles. The predicted octanol–water partition coefficient (Wildman–Crippen LogP) is 11.2. The number of pyridine rings is 3. The van der Waals surface area contributed by atoms with Crippen molar-refractivity contribution in [1.29, 1.82) is 0 Å². The first-order valence-corrected chi connectivity index (χ1v) is 24.0. The molecule has 3 aromatic carbocycles. The molecule has 20 nitrogen and oxygen atoms in total. The van der Waals surface area contributed by atoms with Gasteiger partial charge < -0.3 is 19.8 Å². The number of rotatable bonds is 8. The summed E-state index contributed by atoms with van der Waals surface area (Å²) >= 11 is 3.21. The molecule has 0 amide bonds. The largest absolute Gasteiger partial charge is 0.498 e. The van der Waals surface area contributed by atoms with Crippen molar-refractivity contribution < 1.29 is 28.7 Å². The Hall–Kier alpha value is -8.73. The lowest BCUT2D eigenvalue weighted by Crippen LogP contribution is -2.41. The number of nitrogens with one attached hydrogen (secondary N) is 2. The van der Waals surface area contributed by atoms with Crippen LogP contribution in [0.4, 0.5) is 21.9 Å². The number of nitro benzene ring substituents is 2. The molecule has 1 saturated heterocycles. The van der Waals surface area contributed by atoms with Crippen LogP contribution in [0.5, 0.6) is 0 Å². The van der Waals surface area contributed by atoms with Crippen LogP contribution in [0.3, 0.4) is 0 Å². The third-order valence-corrected chi connectivity index (χ3v) is 12.1. The molecule has 75 heavy (non-hydrogen) atoms.